The van der Waals surface area contributed by atoms with Crippen LogP contribution in [-0.4, -0.2) is 42.3 Å². The Bertz CT molecular complexity index is 961. The summed E-state index contributed by atoms with van der Waals surface area (Å²) in [6.45, 7) is 2.50. The van der Waals surface area contributed by atoms with E-state index in [4.69, 9.17) is 9.47 Å². The standard InChI is InChI=1S/C22H25N3O3/c1-27-19-6-2-5-18(12-19)21-22-17(7-9-23-21)8-10-25(22)14-20(26)24-13-16-4-3-11-28-15-16/h2,5-10,12,16H,3-4,11,13-15H2,1H3,(H,24,26)/t16-/m0/s1. The lowest BCUT2D eigenvalue weighted by Crippen LogP contribution is -2.35. The zero-order valence-corrected chi connectivity index (χ0v) is 16.1. The molecule has 1 amide bonds. The van der Waals surface area contributed by atoms with Gasteiger partial charge in [0.15, 0.2) is 0 Å². The number of aromatic nitrogens is 2. The van der Waals surface area contributed by atoms with Crippen molar-refractivity contribution in [2.45, 2.75) is 19.4 Å². The van der Waals surface area contributed by atoms with Crippen molar-refractivity contribution in [3.63, 3.8) is 0 Å². The van der Waals surface area contributed by atoms with Crippen LogP contribution in [0.15, 0.2) is 48.8 Å². The predicted octanol–water partition coefficient (Wildman–Crippen LogP) is 3.25. The molecule has 146 valence electrons. The van der Waals surface area contributed by atoms with Crippen molar-refractivity contribution in [3.8, 4) is 17.0 Å². The molecule has 1 fully saturated rings. The Morgan fingerprint density at radius 3 is 3.11 bits per heavy atom. The number of fused-ring (bicyclic) bond motifs is 1. The second-order valence-corrected chi connectivity index (χ2v) is 7.16. The van der Waals surface area contributed by atoms with Gasteiger partial charge >= 0.3 is 0 Å². The Kier molecular flexibility index (Phi) is 5.58. The molecule has 0 bridgehead atoms. The van der Waals surface area contributed by atoms with Gasteiger partial charge in [0, 0.05) is 36.5 Å². The number of nitrogens with one attached hydrogen (secondary N) is 1. The van der Waals surface area contributed by atoms with Crippen LogP contribution in [0, 0.1) is 5.92 Å². The number of nitrogens with zero attached hydrogens (tertiary/aromatic N) is 2. The van der Waals surface area contributed by atoms with Crippen LogP contribution in [0.4, 0.5) is 0 Å². The van der Waals surface area contributed by atoms with Crippen LogP contribution >= 0.6 is 0 Å². The maximum absolute atomic E-state index is 12.5. The number of amides is 1. The van der Waals surface area contributed by atoms with Crippen molar-refractivity contribution in [2.75, 3.05) is 26.9 Å². The first kappa shape index (κ1) is 18.5. The average molecular weight is 379 g/mol. The van der Waals surface area contributed by atoms with Crippen molar-refractivity contribution in [3.05, 3.63) is 48.8 Å². The summed E-state index contributed by atoms with van der Waals surface area (Å²) in [5.41, 5.74) is 2.76. The molecule has 4 rings (SSSR count). The number of carbonyl (C=O) groups excluding carboxylic acids is 1. The predicted molar refractivity (Wildman–Crippen MR) is 108 cm³/mol. The van der Waals surface area contributed by atoms with Crippen LogP contribution in [0.2, 0.25) is 0 Å². The smallest absolute Gasteiger partial charge is 0.239 e. The molecular formula is C22H25N3O3. The molecule has 0 saturated carbocycles. The van der Waals surface area contributed by atoms with Crippen molar-refractivity contribution in [1.82, 2.24) is 14.9 Å². The molecule has 1 saturated heterocycles. The second-order valence-electron chi connectivity index (χ2n) is 7.16. The summed E-state index contributed by atoms with van der Waals surface area (Å²) in [6.07, 6.45) is 5.92. The van der Waals surface area contributed by atoms with Gasteiger partial charge < -0.3 is 19.4 Å². The molecule has 1 atom stereocenters. The topological polar surface area (TPSA) is 65.4 Å². The summed E-state index contributed by atoms with van der Waals surface area (Å²) in [6, 6.07) is 11.8. The number of rotatable bonds is 6. The number of carbonyl (C=O) groups is 1. The van der Waals surface area contributed by atoms with Crippen molar-refractivity contribution < 1.29 is 14.3 Å². The van der Waals surface area contributed by atoms with Crippen LogP contribution in [0.5, 0.6) is 5.75 Å². The first-order valence-electron chi connectivity index (χ1n) is 9.67. The van der Waals surface area contributed by atoms with E-state index in [2.05, 4.69) is 10.3 Å². The van der Waals surface area contributed by atoms with E-state index in [0.29, 0.717) is 12.5 Å². The van der Waals surface area contributed by atoms with Gasteiger partial charge in [-0.05, 0) is 43.0 Å². The van der Waals surface area contributed by atoms with Crippen LogP contribution < -0.4 is 10.1 Å². The van der Waals surface area contributed by atoms with Crippen molar-refractivity contribution >= 4 is 16.8 Å². The largest absolute Gasteiger partial charge is 0.497 e. The SMILES string of the molecule is COc1cccc(-c2nccc3ccn(CC(=O)NC[C@@H]4CCCOC4)c23)c1. The third kappa shape index (κ3) is 4.02. The molecule has 1 aromatic carbocycles. The number of benzene rings is 1. The fourth-order valence-electron chi connectivity index (χ4n) is 3.70. The highest BCUT2D eigenvalue weighted by Crippen LogP contribution is 2.29. The highest BCUT2D eigenvalue weighted by atomic mass is 16.5. The minimum Gasteiger partial charge on any atom is -0.497 e. The first-order chi connectivity index (χ1) is 13.7. The lowest BCUT2D eigenvalue weighted by Gasteiger charge is -2.22. The van der Waals surface area contributed by atoms with E-state index in [1.54, 1.807) is 13.3 Å². The molecule has 1 aliphatic rings. The minimum absolute atomic E-state index is 0.00326. The second kappa shape index (κ2) is 8.44. The highest BCUT2D eigenvalue weighted by molar-refractivity contribution is 5.93. The third-order valence-electron chi connectivity index (χ3n) is 5.18. The van der Waals surface area contributed by atoms with Gasteiger partial charge in [0.2, 0.25) is 5.91 Å². The highest BCUT2D eigenvalue weighted by Gasteiger charge is 2.16. The molecule has 1 N–H and O–H groups in total. The zero-order chi connectivity index (χ0) is 19.3. The molecule has 0 unspecified atom stereocenters. The van der Waals surface area contributed by atoms with Gasteiger partial charge in [-0.1, -0.05) is 12.1 Å². The maximum Gasteiger partial charge on any atom is 0.239 e. The van der Waals surface area contributed by atoms with Crippen molar-refractivity contribution in [2.24, 2.45) is 5.92 Å². The molecular weight excluding hydrogens is 354 g/mol. The van der Waals surface area contributed by atoms with Gasteiger partial charge in [-0.15, -0.1) is 0 Å². The number of hydrogen-bond acceptors (Lipinski definition) is 4. The summed E-state index contributed by atoms with van der Waals surface area (Å²) in [5, 5.41) is 4.11. The molecule has 3 heterocycles. The van der Waals surface area contributed by atoms with E-state index in [1.165, 1.54) is 0 Å². The summed E-state index contributed by atoms with van der Waals surface area (Å²) < 4.78 is 12.8. The molecule has 6 heteroatoms. The van der Waals surface area contributed by atoms with Crippen LogP contribution in [0.25, 0.3) is 22.2 Å². The van der Waals surface area contributed by atoms with Gasteiger partial charge in [-0.3, -0.25) is 9.78 Å². The average Bonchev–Trinajstić information content (AvgIpc) is 3.16. The summed E-state index contributed by atoms with van der Waals surface area (Å²) in [4.78, 5) is 17.1. The lowest BCUT2D eigenvalue weighted by molar-refractivity contribution is -0.122. The first-order valence-corrected chi connectivity index (χ1v) is 9.67. The Labute approximate surface area is 164 Å². The Balaban J connectivity index is 1.55. The monoisotopic (exact) mass is 379 g/mol. The minimum atomic E-state index is 0.00326. The molecule has 28 heavy (non-hydrogen) atoms. The molecule has 0 spiro atoms. The Morgan fingerprint density at radius 2 is 2.29 bits per heavy atom. The number of ether oxygens (including phenoxy) is 2. The number of pyridine rings is 1. The summed E-state index contributed by atoms with van der Waals surface area (Å²) in [5.74, 6) is 1.19. The third-order valence-corrected chi connectivity index (χ3v) is 5.18. The van der Waals surface area contributed by atoms with Gasteiger partial charge in [-0.2, -0.15) is 0 Å². The molecule has 2 aromatic heterocycles. The fourth-order valence-corrected chi connectivity index (χ4v) is 3.70. The van der Waals surface area contributed by atoms with Crippen LogP contribution in [0.1, 0.15) is 12.8 Å². The Hall–Kier alpha value is -2.86. The van der Waals surface area contributed by atoms with Gasteiger partial charge in [0.25, 0.3) is 0 Å². The number of hydrogen-bond donors (Lipinski definition) is 1. The molecule has 0 radical (unpaired) electrons. The summed E-state index contributed by atoms with van der Waals surface area (Å²) in [7, 11) is 1.65. The van der Waals surface area contributed by atoms with Crippen LogP contribution in [-0.2, 0) is 16.1 Å². The van der Waals surface area contributed by atoms with Crippen LogP contribution in [0.3, 0.4) is 0 Å². The van der Waals surface area contributed by atoms with E-state index in [1.807, 2.05) is 47.2 Å². The quantitative estimate of drug-likeness (QED) is 0.714. The summed E-state index contributed by atoms with van der Waals surface area (Å²) >= 11 is 0. The van der Waals surface area contributed by atoms with Gasteiger partial charge in [-0.25, -0.2) is 0 Å². The van der Waals surface area contributed by atoms with Gasteiger partial charge in [0.05, 0.1) is 24.9 Å². The van der Waals surface area contributed by atoms with E-state index < -0.39 is 0 Å². The fraction of sp³-hybridized carbons (Fsp3) is 0.364. The van der Waals surface area contributed by atoms with Gasteiger partial charge in [0.1, 0.15) is 12.3 Å². The lowest BCUT2D eigenvalue weighted by atomic mass is 10.0. The Morgan fingerprint density at radius 1 is 1.36 bits per heavy atom. The maximum atomic E-state index is 12.5. The van der Waals surface area contributed by atoms with E-state index in [-0.39, 0.29) is 12.5 Å². The molecule has 1 aliphatic heterocycles. The zero-order valence-electron chi connectivity index (χ0n) is 16.1. The van der Waals surface area contributed by atoms with E-state index >= 15 is 0 Å². The van der Waals surface area contributed by atoms with Crippen molar-refractivity contribution in [1.29, 1.82) is 0 Å². The molecule has 0 aliphatic carbocycles. The molecule has 3 aromatic rings. The van der Waals surface area contributed by atoms with E-state index in [9.17, 15) is 4.79 Å². The normalized spacial score (nSPS) is 16.8. The number of methoxy groups -OCH3 is 1. The molecule has 6 nitrogen and oxygen atoms in total. The van der Waals surface area contributed by atoms with E-state index in [0.717, 1.165) is 54.0 Å².